The Balaban J connectivity index is 1.83. The molecule has 1 atom stereocenters. The lowest BCUT2D eigenvalue weighted by molar-refractivity contribution is -0.128. The standard InChI is InChI=1S/C24H20F2N4OS/c1-29(2)23(31)21(16-6-4-3-5-7-16)32-24-28-27-22(17-8-10-18(25)11-9-17)30(24)20-14-12-19(26)13-15-20/h3-15,21H,1-2H3. The monoisotopic (exact) mass is 450 g/mol. The van der Waals surface area contributed by atoms with Crippen LogP contribution in [0.25, 0.3) is 17.1 Å². The maximum absolute atomic E-state index is 13.6. The summed E-state index contributed by atoms with van der Waals surface area (Å²) in [5.41, 5.74) is 2.10. The number of benzene rings is 3. The van der Waals surface area contributed by atoms with Crippen LogP contribution in [0, 0.1) is 11.6 Å². The van der Waals surface area contributed by atoms with Crippen molar-refractivity contribution in [2.24, 2.45) is 0 Å². The number of rotatable bonds is 6. The van der Waals surface area contributed by atoms with Crippen LogP contribution in [0.3, 0.4) is 0 Å². The van der Waals surface area contributed by atoms with Crippen LogP contribution in [0.2, 0.25) is 0 Å². The first kappa shape index (κ1) is 21.7. The van der Waals surface area contributed by atoms with E-state index in [0.29, 0.717) is 22.2 Å². The number of hydrogen-bond acceptors (Lipinski definition) is 4. The average molecular weight is 451 g/mol. The van der Waals surface area contributed by atoms with Crippen LogP contribution in [0.4, 0.5) is 8.78 Å². The maximum Gasteiger partial charge on any atom is 0.240 e. The van der Waals surface area contributed by atoms with Crippen LogP contribution in [0.1, 0.15) is 10.8 Å². The van der Waals surface area contributed by atoms with Crippen molar-refractivity contribution < 1.29 is 13.6 Å². The summed E-state index contributed by atoms with van der Waals surface area (Å²) in [6.45, 7) is 0. The van der Waals surface area contributed by atoms with E-state index < -0.39 is 5.25 Å². The van der Waals surface area contributed by atoms with Gasteiger partial charge in [0, 0.05) is 25.3 Å². The van der Waals surface area contributed by atoms with Crippen molar-refractivity contribution >= 4 is 17.7 Å². The Kier molecular flexibility index (Phi) is 6.32. The molecule has 0 N–H and O–H groups in total. The lowest BCUT2D eigenvalue weighted by Gasteiger charge is -2.20. The number of carbonyl (C=O) groups is 1. The van der Waals surface area contributed by atoms with Crippen LogP contribution in [-0.2, 0) is 4.79 Å². The molecule has 0 aliphatic carbocycles. The second-order valence-corrected chi connectivity index (χ2v) is 8.34. The van der Waals surface area contributed by atoms with E-state index in [2.05, 4.69) is 10.2 Å². The minimum absolute atomic E-state index is 0.0989. The summed E-state index contributed by atoms with van der Waals surface area (Å²) >= 11 is 1.25. The van der Waals surface area contributed by atoms with Crippen LogP contribution in [0.15, 0.2) is 84.0 Å². The molecule has 0 saturated carbocycles. The molecule has 0 aliphatic heterocycles. The molecule has 4 rings (SSSR count). The third kappa shape index (κ3) is 4.55. The minimum atomic E-state index is -0.560. The summed E-state index contributed by atoms with van der Waals surface area (Å²) in [5.74, 6) is -0.373. The predicted octanol–water partition coefficient (Wildman–Crippen LogP) is 5.13. The highest BCUT2D eigenvalue weighted by Crippen LogP contribution is 2.38. The maximum atomic E-state index is 13.6. The molecule has 32 heavy (non-hydrogen) atoms. The molecule has 1 aromatic heterocycles. The van der Waals surface area contributed by atoms with Gasteiger partial charge in [-0.25, -0.2) is 8.78 Å². The molecular formula is C24H20F2N4OS. The summed E-state index contributed by atoms with van der Waals surface area (Å²) in [6.07, 6.45) is 0. The minimum Gasteiger partial charge on any atom is -0.348 e. The Morgan fingerprint density at radius 3 is 2.06 bits per heavy atom. The number of carbonyl (C=O) groups excluding carboxylic acids is 1. The lowest BCUT2D eigenvalue weighted by atomic mass is 10.1. The zero-order valence-corrected chi connectivity index (χ0v) is 18.3. The molecule has 8 heteroatoms. The first-order valence-corrected chi connectivity index (χ1v) is 10.7. The van der Waals surface area contributed by atoms with Gasteiger partial charge in [0.05, 0.1) is 0 Å². The number of thioether (sulfide) groups is 1. The highest BCUT2D eigenvalue weighted by Gasteiger charge is 2.27. The second kappa shape index (κ2) is 9.32. The normalized spacial score (nSPS) is 11.9. The van der Waals surface area contributed by atoms with Crippen molar-refractivity contribution in [2.75, 3.05) is 14.1 Å². The molecule has 1 unspecified atom stereocenters. The average Bonchev–Trinajstić information content (AvgIpc) is 3.22. The van der Waals surface area contributed by atoms with E-state index in [-0.39, 0.29) is 17.5 Å². The van der Waals surface area contributed by atoms with Crippen molar-refractivity contribution in [1.82, 2.24) is 19.7 Å². The Morgan fingerprint density at radius 2 is 1.47 bits per heavy atom. The molecule has 4 aromatic rings. The van der Waals surface area contributed by atoms with Crippen molar-refractivity contribution in [3.8, 4) is 17.1 Å². The van der Waals surface area contributed by atoms with Crippen LogP contribution < -0.4 is 0 Å². The molecule has 3 aromatic carbocycles. The fourth-order valence-corrected chi connectivity index (χ4v) is 4.38. The molecular weight excluding hydrogens is 430 g/mol. The Bertz CT molecular complexity index is 1210. The van der Waals surface area contributed by atoms with Gasteiger partial charge in [-0.2, -0.15) is 0 Å². The van der Waals surface area contributed by atoms with Gasteiger partial charge in [-0.15, -0.1) is 10.2 Å². The lowest BCUT2D eigenvalue weighted by Crippen LogP contribution is -2.27. The molecule has 0 saturated heterocycles. The van der Waals surface area contributed by atoms with Crippen molar-refractivity contribution in [1.29, 1.82) is 0 Å². The van der Waals surface area contributed by atoms with Gasteiger partial charge in [-0.3, -0.25) is 9.36 Å². The van der Waals surface area contributed by atoms with Gasteiger partial charge in [0.2, 0.25) is 5.91 Å². The summed E-state index contributed by atoms with van der Waals surface area (Å²) in [6, 6.07) is 21.2. The summed E-state index contributed by atoms with van der Waals surface area (Å²) in [7, 11) is 3.40. The van der Waals surface area contributed by atoms with Crippen LogP contribution in [0.5, 0.6) is 0 Å². The summed E-state index contributed by atoms with van der Waals surface area (Å²) in [5, 5.41) is 8.55. The first-order valence-electron chi connectivity index (χ1n) is 9.84. The van der Waals surface area contributed by atoms with Crippen LogP contribution >= 0.6 is 11.8 Å². The third-order valence-electron chi connectivity index (χ3n) is 4.81. The molecule has 0 radical (unpaired) electrons. The topological polar surface area (TPSA) is 51.0 Å². The Labute approximate surface area is 188 Å². The van der Waals surface area contributed by atoms with Gasteiger partial charge in [0.25, 0.3) is 0 Å². The Morgan fingerprint density at radius 1 is 0.875 bits per heavy atom. The van der Waals surface area contributed by atoms with Crippen molar-refractivity contribution in [3.05, 3.63) is 96.1 Å². The summed E-state index contributed by atoms with van der Waals surface area (Å²) < 4.78 is 28.8. The van der Waals surface area contributed by atoms with Gasteiger partial charge in [0.15, 0.2) is 11.0 Å². The Hall–Kier alpha value is -3.52. The quantitative estimate of drug-likeness (QED) is 0.382. The molecule has 0 spiro atoms. The third-order valence-corrected chi connectivity index (χ3v) is 6.00. The predicted molar refractivity (Wildman–Crippen MR) is 120 cm³/mol. The number of halogens is 2. The van der Waals surface area contributed by atoms with Crippen molar-refractivity contribution in [3.63, 3.8) is 0 Å². The van der Waals surface area contributed by atoms with Gasteiger partial charge >= 0.3 is 0 Å². The van der Waals surface area contributed by atoms with Crippen LogP contribution in [-0.4, -0.2) is 39.7 Å². The van der Waals surface area contributed by atoms with Gasteiger partial charge in [-0.1, -0.05) is 42.1 Å². The number of amides is 1. The first-order chi connectivity index (χ1) is 15.4. The molecule has 5 nitrogen and oxygen atoms in total. The number of likely N-dealkylation sites (N-methyl/N-ethyl adjacent to an activating group) is 1. The number of hydrogen-bond donors (Lipinski definition) is 0. The molecule has 1 amide bonds. The fraction of sp³-hybridized carbons (Fsp3) is 0.125. The molecule has 0 bridgehead atoms. The van der Waals surface area contributed by atoms with E-state index in [9.17, 15) is 13.6 Å². The zero-order chi connectivity index (χ0) is 22.7. The highest BCUT2D eigenvalue weighted by molar-refractivity contribution is 8.00. The van der Waals surface area contributed by atoms with Gasteiger partial charge in [0.1, 0.15) is 16.9 Å². The van der Waals surface area contributed by atoms with E-state index in [4.69, 9.17) is 0 Å². The second-order valence-electron chi connectivity index (χ2n) is 7.27. The molecule has 0 aliphatic rings. The van der Waals surface area contributed by atoms with Gasteiger partial charge in [-0.05, 0) is 54.1 Å². The largest absolute Gasteiger partial charge is 0.348 e. The zero-order valence-electron chi connectivity index (χ0n) is 17.4. The van der Waals surface area contributed by atoms with E-state index in [1.54, 1.807) is 42.9 Å². The molecule has 0 fully saturated rings. The summed E-state index contributed by atoms with van der Waals surface area (Å²) in [4.78, 5) is 14.5. The molecule has 1 heterocycles. The SMILES string of the molecule is CN(C)C(=O)C(Sc1nnc(-c2ccc(F)cc2)n1-c1ccc(F)cc1)c1ccccc1. The molecule has 162 valence electrons. The van der Waals surface area contributed by atoms with Gasteiger partial charge < -0.3 is 4.90 Å². The number of nitrogens with zero attached hydrogens (tertiary/aromatic N) is 4. The smallest absolute Gasteiger partial charge is 0.240 e. The number of aromatic nitrogens is 3. The van der Waals surface area contributed by atoms with Crippen molar-refractivity contribution in [2.45, 2.75) is 10.4 Å². The van der Waals surface area contributed by atoms with E-state index >= 15 is 0 Å². The highest BCUT2D eigenvalue weighted by atomic mass is 32.2. The van der Waals surface area contributed by atoms with E-state index in [1.165, 1.54) is 40.9 Å². The fourth-order valence-electron chi connectivity index (χ4n) is 3.18. The van der Waals surface area contributed by atoms with E-state index in [1.807, 2.05) is 30.3 Å². The van der Waals surface area contributed by atoms with E-state index in [0.717, 1.165) is 5.56 Å².